The number of carboxylic acids is 1. The first-order valence-electron chi connectivity index (χ1n) is 5.55. The highest BCUT2D eigenvalue weighted by molar-refractivity contribution is 5.87. The van der Waals surface area contributed by atoms with E-state index in [1.54, 1.807) is 13.0 Å². The number of nitrogens with zero attached hydrogens (tertiary/aromatic N) is 1. The van der Waals surface area contributed by atoms with Gasteiger partial charge in [0.2, 0.25) is 0 Å². The first kappa shape index (κ1) is 18.7. The number of aliphatic carboxylic acids is 1. The van der Waals surface area contributed by atoms with Crippen LogP contribution in [0.1, 0.15) is 20.8 Å². The van der Waals surface area contributed by atoms with Crippen LogP contribution in [0.5, 0.6) is 0 Å². The Hall–Kier alpha value is -1.62. The summed E-state index contributed by atoms with van der Waals surface area (Å²) >= 11 is 0. The zero-order valence-electron chi connectivity index (χ0n) is 11.8. The lowest BCUT2D eigenvalue weighted by Crippen LogP contribution is -2.20. The fourth-order valence-electron chi connectivity index (χ4n) is 0.553. The predicted molar refractivity (Wildman–Crippen MR) is 71.4 cm³/mol. The monoisotopic (exact) mass is 257 g/mol. The summed E-state index contributed by atoms with van der Waals surface area (Å²) < 4.78 is 4.96. The number of esters is 1. The number of allylic oxidation sites excluding steroid dienone is 1. The van der Waals surface area contributed by atoms with Crippen LogP contribution in [0, 0.1) is 0 Å². The molecule has 0 aliphatic heterocycles. The van der Waals surface area contributed by atoms with E-state index in [-0.39, 0.29) is 11.5 Å². The molecular formula is C13H23NO4. The van der Waals surface area contributed by atoms with Gasteiger partial charge in [0, 0.05) is 17.7 Å². The molecule has 0 radical (unpaired) electrons. The van der Waals surface area contributed by atoms with E-state index in [4.69, 9.17) is 9.84 Å². The smallest absolute Gasteiger partial charge is 0.333 e. The number of rotatable bonds is 5. The summed E-state index contributed by atoms with van der Waals surface area (Å²) in [6.07, 6.45) is 1.75. The minimum atomic E-state index is -0.935. The number of carbonyl (C=O) groups is 2. The van der Waals surface area contributed by atoms with Gasteiger partial charge in [0.25, 0.3) is 0 Å². The molecule has 0 spiro atoms. The van der Waals surface area contributed by atoms with Crippen LogP contribution in [0.25, 0.3) is 0 Å². The maximum Gasteiger partial charge on any atom is 0.333 e. The fourth-order valence-corrected chi connectivity index (χ4v) is 0.553. The van der Waals surface area contributed by atoms with Gasteiger partial charge in [0.1, 0.15) is 6.61 Å². The molecule has 0 aromatic rings. The van der Waals surface area contributed by atoms with Crippen molar-refractivity contribution in [3.63, 3.8) is 0 Å². The molecule has 0 unspecified atom stereocenters. The minimum absolute atomic E-state index is 0.176. The van der Waals surface area contributed by atoms with Crippen LogP contribution in [-0.2, 0) is 14.3 Å². The van der Waals surface area contributed by atoms with Crippen molar-refractivity contribution in [1.29, 1.82) is 0 Å². The molecule has 104 valence electrons. The van der Waals surface area contributed by atoms with Gasteiger partial charge in [0.05, 0.1) is 0 Å². The van der Waals surface area contributed by atoms with E-state index in [2.05, 4.69) is 6.58 Å². The third-order valence-electron chi connectivity index (χ3n) is 1.89. The Morgan fingerprint density at radius 3 is 2.06 bits per heavy atom. The molecule has 0 aliphatic rings. The van der Waals surface area contributed by atoms with Gasteiger partial charge in [-0.1, -0.05) is 12.7 Å². The molecule has 0 fully saturated rings. The van der Waals surface area contributed by atoms with E-state index in [9.17, 15) is 9.59 Å². The van der Waals surface area contributed by atoms with Crippen LogP contribution in [0.4, 0.5) is 0 Å². The molecule has 1 N–H and O–H groups in total. The van der Waals surface area contributed by atoms with E-state index in [1.807, 2.05) is 25.9 Å². The van der Waals surface area contributed by atoms with Gasteiger partial charge in [-0.05, 0) is 34.9 Å². The zero-order valence-corrected chi connectivity index (χ0v) is 11.8. The number of carbonyl (C=O) groups excluding carboxylic acids is 1. The number of likely N-dealkylation sites (N-methyl/N-ethyl adjacent to an activating group) is 1. The lowest BCUT2D eigenvalue weighted by atomic mass is 10.3. The van der Waals surface area contributed by atoms with Gasteiger partial charge >= 0.3 is 11.9 Å². The first-order chi connectivity index (χ1) is 8.22. The number of hydrogen-bond donors (Lipinski definition) is 1. The lowest BCUT2D eigenvalue weighted by molar-refractivity contribution is -0.139. The summed E-state index contributed by atoms with van der Waals surface area (Å²) in [7, 11) is 3.88. The highest BCUT2D eigenvalue weighted by Gasteiger charge is 2.03. The summed E-state index contributed by atoms with van der Waals surface area (Å²) in [5.41, 5.74) is 0.837. The van der Waals surface area contributed by atoms with Crippen LogP contribution in [0.15, 0.2) is 23.8 Å². The van der Waals surface area contributed by atoms with E-state index < -0.39 is 5.97 Å². The summed E-state index contributed by atoms with van der Waals surface area (Å²) in [5, 5.41) is 7.89. The molecule has 0 rings (SSSR count). The van der Waals surface area contributed by atoms with Crippen molar-refractivity contribution in [2.75, 3.05) is 27.2 Å². The number of hydrogen-bond acceptors (Lipinski definition) is 4. The van der Waals surface area contributed by atoms with Crippen molar-refractivity contribution in [2.45, 2.75) is 20.8 Å². The molecule has 0 atom stereocenters. The molecule has 5 nitrogen and oxygen atoms in total. The summed E-state index contributed by atoms with van der Waals surface area (Å²) in [6.45, 7) is 9.39. The Kier molecular flexibility index (Phi) is 11.0. The molecule has 0 aromatic carbocycles. The molecule has 18 heavy (non-hydrogen) atoms. The standard InChI is InChI=1S/C9H17NO2.C4H6O2/c1-5-8(2)9(11)12-7-6-10(3)4;1-3(2)4(5)6/h5H,6-7H2,1-4H3;1H2,2H3,(H,5,6). The van der Waals surface area contributed by atoms with Crippen LogP contribution in [-0.4, -0.2) is 49.2 Å². The Balaban J connectivity index is 0. The van der Waals surface area contributed by atoms with Gasteiger partial charge in [0.15, 0.2) is 0 Å². The Morgan fingerprint density at radius 2 is 1.78 bits per heavy atom. The van der Waals surface area contributed by atoms with E-state index in [1.165, 1.54) is 6.92 Å². The second-order valence-corrected chi connectivity index (χ2v) is 4.00. The van der Waals surface area contributed by atoms with Crippen molar-refractivity contribution in [2.24, 2.45) is 0 Å². The van der Waals surface area contributed by atoms with Gasteiger partial charge in [-0.15, -0.1) is 0 Å². The van der Waals surface area contributed by atoms with E-state index >= 15 is 0 Å². The first-order valence-corrected chi connectivity index (χ1v) is 5.55. The number of ether oxygens (including phenoxy) is 1. The summed E-state index contributed by atoms with van der Waals surface area (Å²) in [6, 6.07) is 0. The maximum absolute atomic E-state index is 11.0. The van der Waals surface area contributed by atoms with E-state index in [0.29, 0.717) is 12.2 Å². The largest absolute Gasteiger partial charge is 0.478 e. The SMILES string of the molecule is C=C(C)C(=O)O.CC=C(C)C(=O)OCCN(C)C. The van der Waals surface area contributed by atoms with Gasteiger partial charge in [-0.2, -0.15) is 0 Å². The Labute approximate surface area is 109 Å². The molecular weight excluding hydrogens is 234 g/mol. The molecule has 0 aliphatic carbocycles. The average molecular weight is 257 g/mol. The van der Waals surface area contributed by atoms with E-state index in [0.717, 1.165) is 6.54 Å². The average Bonchev–Trinajstić information content (AvgIpc) is 2.27. The Bertz CT molecular complexity index is 307. The van der Waals surface area contributed by atoms with Crippen LogP contribution in [0.2, 0.25) is 0 Å². The maximum atomic E-state index is 11.0. The topological polar surface area (TPSA) is 66.8 Å². The van der Waals surface area contributed by atoms with Crippen LogP contribution < -0.4 is 0 Å². The normalized spacial score (nSPS) is 10.4. The molecule has 0 amide bonds. The van der Waals surface area contributed by atoms with Gasteiger partial charge in [-0.25, -0.2) is 9.59 Å². The Morgan fingerprint density at radius 1 is 1.33 bits per heavy atom. The quantitative estimate of drug-likeness (QED) is 0.600. The van der Waals surface area contributed by atoms with Crippen molar-refractivity contribution >= 4 is 11.9 Å². The third-order valence-corrected chi connectivity index (χ3v) is 1.89. The second kappa shape index (κ2) is 10.5. The zero-order chi connectivity index (χ0) is 14.7. The van der Waals surface area contributed by atoms with Crippen molar-refractivity contribution in [3.8, 4) is 0 Å². The molecule has 0 heterocycles. The predicted octanol–water partition coefficient (Wildman–Crippen LogP) is 1.70. The highest BCUT2D eigenvalue weighted by Crippen LogP contribution is 1.95. The van der Waals surface area contributed by atoms with Crippen LogP contribution in [0.3, 0.4) is 0 Å². The molecule has 0 bridgehead atoms. The summed E-state index contributed by atoms with van der Waals surface area (Å²) in [4.78, 5) is 22.6. The highest BCUT2D eigenvalue weighted by atomic mass is 16.5. The molecule has 0 saturated carbocycles. The lowest BCUT2D eigenvalue weighted by Gasteiger charge is -2.09. The van der Waals surface area contributed by atoms with Crippen LogP contribution >= 0.6 is 0 Å². The third kappa shape index (κ3) is 12.4. The fraction of sp³-hybridized carbons (Fsp3) is 0.538. The van der Waals surface area contributed by atoms with Crippen molar-refractivity contribution in [1.82, 2.24) is 4.90 Å². The van der Waals surface area contributed by atoms with Gasteiger partial charge < -0.3 is 14.7 Å². The summed E-state index contributed by atoms with van der Waals surface area (Å²) in [5.74, 6) is -1.16. The van der Waals surface area contributed by atoms with Crippen molar-refractivity contribution < 1.29 is 19.4 Å². The molecule has 0 saturated heterocycles. The molecule has 0 aromatic heterocycles. The number of carboxylic acid groups (broad SMARTS) is 1. The van der Waals surface area contributed by atoms with Gasteiger partial charge in [-0.3, -0.25) is 0 Å². The van der Waals surface area contributed by atoms with Crippen molar-refractivity contribution in [3.05, 3.63) is 23.8 Å². The second-order valence-electron chi connectivity index (χ2n) is 4.00. The minimum Gasteiger partial charge on any atom is -0.478 e. The molecule has 5 heteroatoms.